The van der Waals surface area contributed by atoms with Gasteiger partial charge in [-0.2, -0.15) is 0 Å². The first-order valence-electron chi connectivity index (χ1n) is 10.00. The Labute approximate surface area is 171 Å². The molecule has 0 bridgehead atoms. The van der Waals surface area contributed by atoms with E-state index in [9.17, 15) is 14.7 Å². The molecule has 6 nitrogen and oxygen atoms in total. The molecule has 7 heteroatoms. The molecular formula is C21H39NO5Si. The summed E-state index contributed by atoms with van der Waals surface area (Å²) >= 11 is 0. The zero-order valence-corrected chi connectivity index (χ0v) is 20.1. The highest BCUT2D eigenvalue weighted by Gasteiger charge is 2.49. The Morgan fingerprint density at radius 1 is 1.18 bits per heavy atom. The second kappa shape index (κ2) is 8.57. The summed E-state index contributed by atoms with van der Waals surface area (Å²) in [4.78, 5) is 26.1. The quantitative estimate of drug-likeness (QED) is 0.494. The number of carboxylic acids is 1. The summed E-state index contributed by atoms with van der Waals surface area (Å²) in [6.45, 7) is 22.9. The first-order chi connectivity index (χ1) is 12.5. The molecule has 1 aliphatic rings. The minimum Gasteiger partial charge on any atom is -0.480 e. The Morgan fingerprint density at radius 3 is 2.11 bits per heavy atom. The van der Waals surface area contributed by atoms with E-state index in [0.29, 0.717) is 19.6 Å². The second-order valence-corrected chi connectivity index (χ2v) is 15.2. The lowest BCUT2D eigenvalue weighted by Gasteiger charge is -2.37. The number of aliphatic carboxylic acids is 1. The summed E-state index contributed by atoms with van der Waals surface area (Å²) in [6, 6.07) is -0.931. The van der Waals surface area contributed by atoms with Crippen molar-refractivity contribution in [2.24, 2.45) is 11.8 Å². The first kappa shape index (κ1) is 24.7. The molecule has 0 radical (unpaired) electrons. The topological polar surface area (TPSA) is 76.1 Å². The average molecular weight is 414 g/mol. The third kappa shape index (κ3) is 6.08. The summed E-state index contributed by atoms with van der Waals surface area (Å²) in [5, 5.41) is 9.97. The molecule has 3 atom stereocenters. The number of carbonyl (C=O) groups is 2. The lowest BCUT2D eigenvalue weighted by atomic mass is 9.84. The minimum absolute atomic E-state index is 0.0864. The van der Waals surface area contributed by atoms with Gasteiger partial charge in [0, 0.05) is 25.0 Å². The van der Waals surface area contributed by atoms with Crippen LogP contribution < -0.4 is 0 Å². The molecule has 0 spiro atoms. The maximum absolute atomic E-state index is 12.6. The molecule has 162 valence electrons. The van der Waals surface area contributed by atoms with Crippen molar-refractivity contribution in [1.82, 2.24) is 4.90 Å². The average Bonchev–Trinajstić information content (AvgIpc) is 2.84. The molecule has 0 aliphatic carbocycles. The van der Waals surface area contributed by atoms with E-state index in [4.69, 9.17) is 9.16 Å². The van der Waals surface area contributed by atoms with Crippen LogP contribution in [0.1, 0.15) is 54.9 Å². The second-order valence-electron chi connectivity index (χ2n) is 10.4. The Balaban J connectivity index is 3.01. The van der Waals surface area contributed by atoms with Gasteiger partial charge in [0.15, 0.2) is 8.32 Å². The van der Waals surface area contributed by atoms with E-state index in [1.54, 1.807) is 20.8 Å². The Kier molecular flexibility index (Phi) is 7.56. The molecule has 0 saturated carbocycles. The molecular weight excluding hydrogens is 374 g/mol. The summed E-state index contributed by atoms with van der Waals surface area (Å²) < 4.78 is 11.7. The number of hydrogen-bond donors (Lipinski definition) is 1. The van der Waals surface area contributed by atoms with Gasteiger partial charge in [0.05, 0.1) is 0 Å². The predicted octanol–water partition coefficient (Wildman–Crippen LogP) is 4.91. The van der Waals surface area contributed by atoms with E-state index in [2.05, 4.69) is 40.4 Å². The van der Waals surface area contributed by atoms with Crippen molar-refractivity contribution in [3.8, 4) is 0 Å². The highest BCUT2D eigenvalue weighted by Crippen LogP contribution is 2.40. The summed E-state index contributed by atoms with van der Waals surface area (Å²) in [7, 11) is -1.92. The van der Waals surface area contributed by atoms with E-state index < -0.39 is 32.0 Å². The van der Waals surface area contributed by atoms with Crippen LogP contribution in [0, 0.1) is 11.8 Å². The zero-order chi connectivity index (χ0) is 22.1. The van der Waals surface area contributed by atoms with Gasteiger partial charge >= 0.3 is 12.1 Å². The van der Waals surface area contributed by atoms with Gasteiger partial charge < -0.3 is 14.3 Å². The molecule has 0 unspecified atom stereocenters. The number of ether oxygens (including phenoxy) is 1. The standard InChI is InChI=1S/C21H39NO5Si/c1-14(2)16-13-22(19(25)27-20(3,4)5)17(18(23)24)15(16)11-12-26-28(9,10)21(6,7)8/h15-17H,1,11-13H2,2-10H3,(H,23,24)/t15-,16+,17-/m0/s1. The van der Waals surface area contributed by atoms with E-state index in [0.717, 1.165) is 5.57 Å². The summed E-state index contributed by atoms with van der Waals surface area (Å²) in [6.07, 6.45) is -0.0145. The zero-order valence-electron chi connectivity index (χ0n) is 19.1. The van der Waals surface area contributed by atoms with Crippen molar-refractivity contribution in [3.05, 3.63) is 12.2 Å². The summed E-state index contributed by atoms with van der Waals surface area (Å²) in [5.74, 6) is -1.34. The molecule has 0 aromatic rings. The van der Waals surface area contributed by atoms with Gasteiger partial charge in [-0.25, -0.2) is 9.59 Å². The van der Waals surface area contributed by atoms with Gasteiger partial charge in [0.1, 0.15) is 11.6 Å². The third-order valence-corrected chi connectivity index (χ3v) is 10.4. The number of likely N-dealkylation sites (tertiary alicyclic amines) is 1. The highest BCUT2D eigenvalue weighted by atomic mass is 28.4. The monoisotopic (exact) mass is 413 g/mol. The molecule has 0 aromatic heterocycles. The van der Waals surface area contributed by atoms with E-state index in [1.807, 2.05) is 6.92 Å². The predicted molar refractivity (Wildman–Crippen MR) is 114 cm³/mol. The summed E-state index contributed by atoms with van der Waals surface area (Å²) in [5.41, 5.74) is 0.206. The van der Waals surface area contributed by atoms with E-state index in [-0.39, 0.29) is 16.9 Å². The first-order valence-corrected chi connectivity index (χ1v) is 12.9. The highest BCUT2D eigenvalue weighted by molar-refractivity contribution is 6.74. The number of carboxylic acid groups (broad SMARTS) is 1. The van der Waals surface area contributed by atoms with Crippen molar-refractivity contribution in [1.29, 1.82) is 0 Å². The van der Waals surface area contributed by atoms with E-state index in [1.165, 1.54) is 4.90 Å². The molecule has 0 aromatic carbocycles. The molecule has 1 heterocycles. The molecule has 1 aliphatic heterocycles. The van der Waals surface area contributed by atoms with Crippen LogP contribution >= 0.6 is 0 Å². The van der Waals surface area contributed by atoms with Crippen molar-refractivity contribution in [2.45, 2.75) is 84.7 Å². The van der Waals surface area contributed by atoms with Crippen molar-refractivity contribution >= 4 is 20.4 Å². The van der Waals surface area contributed by atoms with Crippen LogP contribution in [-0.2, 0) is 14.0 Å². The lowest BCUT2D eigenvalue weighted by molar-refractivity contribution is -0.143. The third-order valence-electron chi connectivity index (χ3n) is 5.89. The smallest absolute Gasteiger partial charge is 0.411 e. The van der Waals surface area contributed by atoms with Crippen molar-refractivity contribution in [2.75, 3.05) is 13.2 Å². The minimum atomic E-state index is -1.92. The Hall–Kier alpha value is -1.34. The number of hydrogen-bond acceptors (Lipinski definition) is 4. The van der Waals surface area contributed by atoms with Gasteiger partial charge in [0.25, 0.3) is 0 Å². The van der Waals surface area contributed by atoms with Crippen LogP contribution in [0.2, 0.25) is 18.1 Å². The number of carbonyl (C=O) groups excluding carboxylic acids is 1. The van der Waals surface area contributed by atoms with E-state index >= 15 is 0 Å². The Morgan fingerprint density at radius 2 is 1.71 bits per heavy atom. The number of nitrogens with zero attached hydrogens (tertiary/aromatic N) is 1. The number of amides is 1. The van der Waals surface area contributed by atoms with Crippen LogP contribution in [0.3, 0.4) is 0 Å². The maximum atomic E-state index is 12.6. The molecule has 1 amide bonds. The van der Waals surface area contributed by atoms with Gasteiger partial charge in [0.2, 0.25) is 0 Å². The fourth-order valence-corrected chi connectivity index (χ4v) is 4.35. The largest absolute Gasteiger partial charge is 0.480 e. The van der Waals surface area contributed by atoms with Crippen LogP contribution in [0.4, 0.5) is 4.79 Å². The SMILES string of the molecule is C=C(C)[C@H]1CN(C(=O)OC(C)(C)C)[C@H](C(=O)O)[C@H]1CCO[Si](C)(C)C(C)(C)C. The molecule has 1 fully saturated rings. The molecule has 28 heavy (non-hydrogen) atoms. The molecule has 1 saturated heterocycles. The van der Waals surface area contributed by atoms with Gasteiger partial charge in [-0.15, -0.1) is 0 Å². The lowest BCUT2D eigenvalue weighted by Crippen LogP contribution is -2.46. The van der Waals surface area contributed by atoms with Crippen LogP contribution in [0.15, 0.2) is 12.2 Å². The van der Waals surface area contributed by atoms with Crippen LogP contribution in [-0.4, -0.2) is 55.2 Å². The number of rotatable bonds is 6. The van der Waals surface area contributed by atoms with Crippen LogP contribution in [0.5, 0.6) is 0 Å². The van der Waals surface area contributed by atoms with Crippen molar-refractivity contribution < 1.29 is 23.9 Å². The fraction of sp³-hybridized carbons (Fsp3) is 0.810. The maximum Gasteiger partial charge on any atom is 0.411 e. The Bertz CT molecular complexity index is 603. The molecule has 1 rings (SSSR count). The van der Waals surface area contributed by atoms with Gasteiger partial charge in [-0.1, -0.05) is 32.9 Å². The van der Waals surface area contributed by atoms with Crippen LogP contribution in [0.25, 0.3) is 0 Å². The van der Waals surface area contributed by atoms with Gasteiger partial charge in [-0.3, -0.25) is 4.90 Å². The van der Waals surface area contributed by atoms with Gasteiger partial charge in [-0.05, 0) is 52.2 Å². The normalized spacial score (nSPS) is 23.6. The fourth-order valence-electron chi connectivity index (χ4n) is 3.28. The molecule has 1 N–H and O–H groups in total. The van der Waals surface area contributed by atoms with Crippen molar-refractivity contribution in [3.63, 3.8) is 0 Å².